The largest absolute Gasteiger partial charge is 0.296 e. The highest BCUT2D eigenvalue weighted by molar-refractivity contribution is 7.16. The Labute approximate surface area is 131 Å². The van der Waals surface area contributed by atoms with Crippen molar-refractivity contribution in [1.82, 2.24) is 14.3 Å². The van der Waals surface area contributed by atoms with Crippen LogP contribution in [0.3, 0.4) is 0 Å². The standard InChI is InChI=1S/C16H16FN3OS/c1-11-8-20-15(21)7-14(18-16(20)22-11)10-19(2)9-12-3-5-13(17)6-4-12/h3-8H,9-10H2,1-2H3. The summed E-state index contributed by atoms with van der Waals surface area (Å²) in [5, 5.41) is 0. The summed E-state index contributed by atoms with van der Waals surface area (Å²) in [6, 6.07) is 8.00. The summed E-state index contributed by atoms with van der Waals surface area (Å²) in [5.41, 5.74) is 1.71. The van der Waals surface area contributed by atoms with Crippen LogP contribution in [0.4, 0.5) is 4.39 Å². The molecule has 0 aliphatic heterocycles. The molecule has 3 aromatic rings. The van der Waals surface area contributed by atoms with Gasteiger partial charge in [-0.2, -0.15) is 0 Å². The number of halogens is 1. The minimum absolute atomic E-state index is 0.0560. The van der Waals surface area contributed by atoms with Crippen molar-refractivity contribution in [2.24, 2.45) is 0 Å². The van der Waals surface area contributed by atoms with Crippen LogP contribution in [-0.2, 0) is 13.1 Å². The summed E-state index contributed by atoms with van der Waals surface area (Å²) in [6.07, 6.45) is 1.81. The van der Waals surface area contributed by atoms with E-state index in [4.69, 9.17) is 0 Å². The van der Waals surface area contributed by atoms with Crippen molar-refractivity contribution in [1.29, 1.82) is 0 Å². The Hall–Kier alpha value is -2.05. The van der Waals surface area contributed by atoms with E-state index in [2.05, 4.69) is 4.98 Å². The highest BCUT2D eigenvalue weighted by Gasteiger charge is 2.08. The zero-order valence-electron chi connectivity index (χ0n) is 12.4. The molecule has 2 heterocycles. The van der Waals surface area contributed by atoms with Gasteiger partial charge in [-0.05, 0) is 31.7 Å². The van der Waals surface area contributed by atoms with Crippen LogP contribution in [0.1, 0.15) is 16.1 Å². The van der Waals surface area contributed by atoms with Crippen molar-refractivity contribution in [3.63, 3.8) is 0 Å². The number of hydrogen-bond donors (Lipinski definition) is 0. The number of aryl methyl sites for hydroxylation is 1. The molecule has 0 aliphatic carbocycles. The first-order chi connectivity index (χ1) is 10.5. The fraction of sp³-hybridized carbons (Fsp3) is 0.250. The molecule has 6 heteroatoms. The lowest BCUT2D eigenvalue weighted by Crippen LogP contribution is -2.21. The molecule has 2 aromatic heterocycles. The molecule has 0 N–H and O–H groups in total. The van der Waals surface area contributed by atoms with Gasteiger partial charge in [0.15, 0.2) is 4.96 Å². The molecule has 0 saturated heterocycles. The Morgan fingerprint density at radius 3 is 2.73 bits per heavy atom. The predicted molar refractivity (Wildman–Crippen MR) is 85.6 cm³/mol. The molecule has 0 spiro atoms. The van der Waals surface area contributed by atoms with Crippen LogP contribution in [0.2, 0.25) is 0 Å². The van der Waals surface area contributed by atoms with Gasteiger partial charge in [-0.25, -0.2) is 9.37 Å². The molecule has 114 valence electrons. The van der Waals surface area contributed by atoms with Crippen molar-refractivity contribution in [2.45, 2.75) is 20.0 Å². The van der Waals surface area contributed by atoms with E-state index in [-0.39, 0.29) is 11.4 Å². The van der Waals surface area contributed by atoms with E-state index in [9.17, 15) is 9.18 Å². The Bertz CT molecular complexity index is 854. The van der Waals surface area contributed by atoms with E-state index in [0.717, 1.165) is 21.1 Å². The van der Waals surface area contributed by atoms with Gasteiger partial charge in [-0.3, -0.25) is 14.1 Å². The molecule has 0 fully saturated rings. The molecule has 0 radical (unpaired) electrons. The molecular formula is C16H16FN3OS. The van der Waals surface area contributed by atoms with Gasteiger partial charge in [0, 0.05) is 30.2 Å². The van der Waals surface area contributed by atoms with Crippen molar-refractivity contribution >= 4 is 16.3 Å². The zero-order chi connectivity index (χ0) is 15.7. The minimum Gasteiger partial charge on any atom is -0.296 e. The van der Waals surface area contributed by atoms with Crippen molar-refractivity contribution in [2.75, 3.05) is 7.05 Å². The molecule has 0 atom stereocenters. The van der Waals surface area contributed by atoms with E-state index >= 15 is 0 Å². The lowest BCUT2D eigenvalue weighted by molar-refractivity contribution is 0.315. The van der Waals surface area contributed by atoms with Gasteiger partial charge in [0.05, 0.1) is 5.69 Å². The fourth-order valence-corrected chi connectivity index (χ4v) is 3.22. The quantitative estimate of drug-likeness (QED) is 0.742. The van der Waals surface area contributed by atoms with E-state index in [1.807, 2.05) is 18.9 Å². The van der Waals surface area contributed by atoms with Gasteiger partial charge in [0.2, 0.25) is 0 Å². The summed E-state index contributed by atoms with van der Waals surface area (Å²) in [5.74, 6) is -0.236. The normalized spacial score (nSPS) is 11.5. The molecule has 0 unspecified atom stereocenters. The first-order valence-corrected chi connectivity index (χ1v) is 7.74. The maximum Gasteiger partial charge on any atom is 0.258 e. The minimum atomic E-state index is -0.236. The highest BCUT2D eigenvalue weighted by Crippen LogP contribution is 2.14. The van der Waals surface area contributed by atoms with Gasteiger partial charge in [0.25, 0.3) is 5.56 Å². The second-order valence-electron chi connectivity index (χ2n) is 5.38. The van der Waals surface area contributed by atoms with Gasteiger partial charge in [0.1, 0.15) is 5.82 Å². The topological polar surface area (TPSA) is 37.6 Å². The lowest BCUT2D eigenvalue weighted by Gasteiger charge is -2.16. The summed E-state index contributed by atoms with van der Waals surface area (Å²) in [6.45, 7) is 3.20. The van der Waals surface area contributed by atoms with E-state index in [0.29, 0.717) is 13.1 Å². The number of rotatable bonds is 4. The molecule has 1 aromatic carbocycles. The smallest absolute Gasteiger partial charge is 0.258 e. The first kappa shape index (κ1) is 14.9. The molecule has 0 bridgehead atoms. The number of thiazole rings is 1. The summed E-state index contributed by atoms with van der Waals surface area (Å²) < 4.78 is 14.5. The van der Waals surface area contributed by atoms with Crippen LogP contribution >= 0.6 is 11.3 Å². The molecule has 0 amide bonds. The van der Waals surface area contributed by atoms with Gasteiger partial charge >= 0.3 is 0 Å². The molecule has 22 heavy (non-hydrogen) atoms. The third-order valence-electron chi connectivity index (χ3n) is 3.33. The van der Waals surface area contributed by atoms with Gasteiger partial charge in [-0.1, -0.05) is 12.1 Å². The molecule has 0 aliphatic rings. The maximum absolute atomic E-state index is 12.9. The van der Waals surface area contributed by atoms with Crippen LogP contribution in [0.5, 0.6) is 0 Å². The maximum atomic E-state index is 12.9. The Balaban J connectivity index is 1.77. The summed E-state index contributed by atoms with van der Waals surface area (Å²) in [4.78, 5) is 20.4. The van der Waals surface area contributed by atoms with Crippen LogP contribution in [0, 0.1) is 12.7 Å². The lowest BCUT2D eigenvalue weighted by atomic mass is 10.2. The fourth-order valence-electron chi connectivity index (χ4n) is 2.37. The van der Waals surface area contributed by atoms with Crippen molar-refractivity contribution in [3.05, 3.63) is 68.8 Å². The Morgan fingerprint density at radius 2 is 2.00 bits per heavy atom. The predicted octanol–water partition coefficient (Wildman–Crippen LogP) is 2.84. The number of nitrogens with zero attached hydrogens (tertiary/aromatic N) is 3. The number of hydrogen-bond acceptors (Lipinski definition) is 4. The van der Waals surface area contributed by atoms with Crippen LogP contribution in [-0.4, -0.2) is 21.3 Å². The zero-order valence-corrected chi connectivity index (χ0v) is 13.2. The Morgan fingerprint density at radius 1 is 1.27 bits per heavy atom. The van der Waals surface area contributed by atoms with Crippen LogP contribution in [0.25, 0.3) is 4.96 Å². The third kappa shape index (κ3) is 3.23. The van der Waals surface area contributed by atoms with Crippen LogP contribution < -0.4 is 5.56 Å². The van der Waals surface area contributed by atoms with Crippen LogP contribution in [0.15, 0.2) is 41.3 Å². The summed E-state index contributed by atoms with van der Waals surface area (Å²) >= 11 is 1.50. The Kier molecular flexibility index (Phi) is 4.04. The van der Waals surface area contributed by atoms with Crippen molar-refractivity contribution in [3.8, 4) is 0 Å². The SMILES string of the molecule is Cc1cn2c(=O)cc(CN(C)Cc3ccc(F)cc3)nc2s1. The average molecular weight is 317 g/mol. The number of fused-ring (bicyclic) bond motifs is 1. The monoisotopic (exact) mass is 317 g/mol. The molecule has 0 saturated carbocycles. The highest BCUT2D eigenvalue weighted by atomic mass is 32.1. The van der Waals surface area contributed by atoms with E-state index < -0.39 is 0 Å². The van der Waals surface area contributed by atoms with Gasteiger partial charge < -0.3 is 0 Å². The van der Waals surface area contributed by atoms with E-state index in [1.54, 1.807) is 28.8 Å². The molecular weight excluding hydrogens is 301 g/mol. The summed E-state index contributed by atoms with van der Waals surface area (Å²) in [7, 11) is 1.95. The number of aromatic nitrogens is 2. The van der Waals surface area contributed by atoms with Crippen molar-refractivity contribution < 1.29 is 4.39 Å². The second-order valence-corrected chi connectivity index (χ2v) is 6.59. The second kappa shape index (κ2) is 5.98. The first-order valence-electron chi connectivity index (χ1n) is 6.93. The molecule has 4 nitrogen and oxygen atoms in total. The van der Waals surface area contributed by atoms with E-state index in [1.165, 1.54) is 23.5 Å². The third-order valence-corrected chi connectivity index (χ3v) is 4.23. The average Bonchev–Trinajstić information content (AvgIpc) is 2.82. The van der Waals surface area contributed by atoms with Gasteiger partial charge in [-0.15, -0.1) is 11.3 Å². The molecule has 3 rings (SSSR count). The number of benzene rings is 1.